The number of nitrogens with zero attached hydrogens (tertiary/aromatic N) is 1. The molecule has 0 atom stereocenters. The van der Waals surface area contributed by atoms with Crippen molar-refractivity contribution in [3.05, 3.63) is 66.2 Å². The summed E-state index contributed by atoms with van der Waals surface area (Å²) < 4.78 is 27.0. The van der Waals surface area contributed by atoms with Crippen molar-refractivity contribution in [3.63, 3.8) is 0 Å². The molecule has 2 aromatic carbocycles. The molecule has 0 radical (unpaired) electrons. The van der Waals surface area contributed by atoms with Crippen molar-refractivity contribution in [3.8, 4) is 0 Å². The highest BCUT2D eigenvalue weighted by Gasteiger charge is 2.26. The predicted octanol–water partition coefficient (Wildman–Crippen LogP) is 4.38. The van der Waals surface area contributed by atoms with E-state index in [9.17, 15) is 13.2 Å². The summed E-state index contributed by atoms with van der Waals surface area (Å²) in [6.45, 7) is 2.41. The molecule has 27 heavy (non-hydrogen) atoms. The second-order valence-electron chi connectivity index (χ2n) is 6.46. The molecule has 0 heterocycles. The van der Waals surface area contributed by atoms with Gasteiger partial charge in [0.2, 0.25) is 0 Å². The quantitative estimate of drug-likeness (QED) is 0.459. The van der Waals surface area contributed by atoms with Crippen LogP contribution in [-0.4, -0.2) is 25.3 Å². The first-order valence-electron chi connectivity index (χ1n) is 9.49. The lowest BCUT2D eigenvalue weighted by Crippen LogP contribution is -2.46. The van der Waals surface area contributed by atoms with Gasteiger partial charge in [-0.05, 0) is 30.7 Å². The summed E-state index contributed by atoms with van der Waals surface area (Å²) in [6.07, 6.45) is 6.21. The van der Waals surface area contributed by atoms with Crippen LogP contribution in [0.25, 0.3) is 0 Å². The Morgan fingerprint density at radius 2 is 1.41 bits per heavy atom. The molecule has 0 aliphatic carbocycles. The number of rotatable bonds is 11. The molecular formula is C21H28N2O3S. The fourth-order valence-corrected chi connectivity index (χ4v) is 4.09. The Hall–Kier alpha value is -2.18. The number of hydrogen-bond acceptors (Lipinski definition) is 3. The Kier molecular flexibility index (Phi) is 8.48. The largest absolute Gasteiger partial charge is 0.271 e. The lowest BCUT2D eigenvalue weighted by molar-refractivity contribution is 0.0877. The predicted molar refractivity (Wildman–Crippen MR) is 108 cm³/mol. The number of carbonyl (C=O) groups excluding carboxylic acids is 1. The van der Waals surface area contributed by atoms with E-state index < -0.39 is 15.9 Å². The van der Waals surface area contributed by atoms with E-state index in [-0.39, 0.29) is 11.4 Å². The van der Waals surface area contributed by atoms with Crippen molar-refractivity contribution in [2.75, 3.05) is 6.54 Å². The Balaban J connectivity index is 2.09. The smallest absolute Gasteiger partial charge is 0.266 e. The van der Waals surface area contributed by atoms with Crippen LogP contribution in [-0.2, 0) is 10.0 Å². The second-order valence-corrected chi connectivity index (χ2v) is 8.33. The van der Waals surface area contributed by atoms with E-state index in [1.807, 2.05) is 6.07 Å². The molecule has 0 spiro atoms. The van der Waals surface area contributed by atoms with Gasteiger partial charge in [-0.2, -0.15) is 0 Å². The van der Waals surface area contributed by atoms with E-state index in [1.165, 1.54) is 25.0 Å². The Morgan fingerprint density at radius 1 is 0.852 bits per heavy atom. The van der Waals surface area contributed by atoms with Crippen molar-refractivity contribution in [1.82, 2.24) is 9.84 Å². The van der Waals surface area contributed by atoms with Gasteiger partial charge in [-0.25, -0.2) is 8.42 Å². The lowest BCUT2D eigenvalue weighted by atomic mass is 10.1. The summed E-state index contributed by atoms with van der Waals surface area (Å²) in [7, 11) is -3.80. The first kappa shape index (κ1) is 21.1. The van der Waals surface area contributed by atoms with Crippen LogP contribution in [0.4, 0.5) is 0 Å². The normalized spacial score (nSPS) is 11.5. The SMILES string of the molecule is CCCCCCCCN(NC(=O)c1ccccc1)S(=O)(=O)c1ccccc1. The van der Waals surface area contributed by atoms with Gasteiger partial charge in [-0.1, -0.05) is 75.4 Å². The van der Waals surface area contributed by atoms with Crippen LogP contribution in [0.5, 0.6) is 0 Å². The van der Waals surface area contributed by atoms with E-state index in [2.05, 4.69) is 12.3 Å². The molecule has 146 valence electrons. The van der Waals surface area contributed by atoms with E-state index in [0.717, 1.165) is 23.7 Å². The van der Waals surface area contributed by atoms with Gasteiger partial charge in [0, 0.05) is 12.1 Å². The summed E-state index contributed by atoms with van der Waals surface area (Å²) in [4.78, 5) is 12.7. The van der Waals surface area contributed by atoms with Crippen LogP contribution in [0.2, 0.25) is 0 Å². The first-order chi connectivity index (χ1) is 13.1. The molecule has 5 nitrogen and oxygen atoms in total. The molecule has 1 N–H and O–H groups in total. The summed E-state index contributed by atoms with van der Waals surface area (Å²) in [5.74, 6) is -0.430. The Bertz CT molecular complexity index is 793. The Morgan fingerprint density at radius 3 is 2.04 bits per heavy atom. The average molecular weight is 389 g/mol. The van der Waals surface area contributed by atoms with E-state index in [1.54, 1.807) is 42.5 Å². The number of hydrazine groups is 1. The molecule has 0 aromatic heterocycles. The molecule has 2 aromatic rings. The molecule has 2 rings (SSSR count). The molecule has 0 aliphatic rings. The topological polar surface area (TPSA) is 66.5 Å². The van der Waals surface area contributed by atoms with Crippen LogP contribution < -0.4 is 5.43 Å². The van der Waals surface area contributed by atoms with Gasteiger partial charge in [0.15, 0.2) is 0 Å². The molecule has 0 bridgehead atoms. The van der Waals surface area contributed by atoms with Gasteiger partial charge in [0.1, 0.15) is 0 Å². The van der Waals surface area contributed by atoms with Crippen LogP contribution in [0, 0.1) is 0 Å². The van der Waals surface area contributed by atoms with Crippen molar-refractivity contribution in [2.45, 2.75) is 50.3 Å². The fourth-order valence-electron chi connectivity index (χ4n) is 2.76. The van der Waals surface area contributed by atoms with Crippen molar-refractivity contribution in [2.24, 2.45) is 0 Å². The van der Waals surface area contributed by atoms with Gasteiger partial charge in [-0.3, -0.25) is 10.2 Å². The third kappa shape index (κ3) is 6.48. The average Bonchev–Trinajstić information content (AvgIpc) is 2.70. The van der Waals surface area contributed by atoms with E-state index in [4.69, 9.17) is 0 Å². The monoisotopic (exact) mass is 388 g/mol. The third-order valence-corrected chi connectivity index (χ3v) is 6.03. The molecule has 0 saturated heterocycles. The summed E-state index contributed by atoms with van der Waals surface area (Å²) in [5, 5.41) is 0. The molecule has 6 heteroatoms. The highest BCUT2D eigenvalue weighted by Crippen LogP contribution is 2.15. The van der Waals surface area contributed by atoms with Crippen LogP contribution >= 0.6 is 0 Å². The lowest BCUT2D eigenvalue weighted by Gasteiger charge is -2.23. The molecule has 0 fully saturated rings. The minimum Gasteiger partial charge on any atom is -0.271 e. The zero-order chi connectivity index (χ0) is 19.5. The van der Waals surface area contributed by atoms with E-state index >= 15 is 0 Å². The summed E-state index contributed by atoms with van der Waals surface area (Å²) in [5.41, 5.74) is 3.01. The molecule has 0 aliphatic heterocycles. The highest BCUT2D eigenvalue weighted by molar-refractivity contribution is 7.89. The second kappa shape index (κ2) is 10.8. The fraction of sp³-hybridized carbons (Fsp3) is 0.381. The number of sulfonamides is 1. The van der Waals surface area contributed by atoms with Crippen LogP contribution in [0.3, 0.4) is 0 Å². The molecule has 0 saturated carbocycles. The van der Waals surface area contributed by atoms with Crippen LogP contribution in [0.15, 0.2) is 65.6 Å². The zero-order valence-corrected chi connectivity index (χ0v) is 16.6. The number of hydrogen-bond donors (Lipinski definition) is 1. The van der Waals surface area contributed by atoms with Gasteiger partial charge in [0.05, 0.1) is 4.90 Å². The van der Waals surface area contributed by atoms with Gasteiger partial charge < -0.3 is 0 Å². The number of benzene rings is 2. The first-order valence-corrected chi connectivity index (χ1v) is 10.9. The minimum atomic E-state index is -3.80. The third-order valence-electron chi connectivity index (χ3n) is 4.31. The molecule has 0 unspecified atom stereocenters. The van der Waals surface area contributed by atoms with Crippen molar-refractivity contribution in [1.29, 1.82) is 0 Å². The molecular weight excluding hydrogens is 360 g/mol. The number of unbranched alkanes of at least 4 members (excludes halogenated alkanes) is 5. The Labute approximate surface area is 162 Å². The molecule has 1 amide bonds. The standard InChI is InChI=1S/C21H28N2O3S/c1-2-3-4-5-6-13-18-23(22-21(24)19-14-9-7-10-15-19)27(25,26)20-16-11-8-12-17-20/h7-12,14-17H,2-6,13,18H2,1H3,(H,22,24). The number of amides is 1. The number of carbonyl (C=O) groups is 1. The van der Waals surface area contributed by atoms with Crippen LogP contribution in [0.1, 0.15) is 55.8 Å². The maximum atomic E-state index is 13.0. The number of nitrogens with one attached hydrogen (secondary N) is 1. The zero-order valence-electron chi connectivity index (χ0n) is 15.8. The van der Waals surface area contributed by atoms with Gasteiger partial charge >= 0.3 is 0 Å². The minimum absolute atomic E-state index is 0.171. The summed E-state index contributed by atoms with van der Waals surface area (Å²) in [6, 6.07) is 16.8. The van der Waals surface area contributed by atoms with Gasteiger partial charge in [0.25, 0.3) is 15.9 Å². The van der Waals surface area contributed by atoms with Crippen molar-refractivity contribution < 1.29 is 13.2 Å². The summed E-state index contributed by atoms with van der Waals surface area (Å²) >= 11 is 0. The maximum Gasteiger partial charge on any atom is 0.266 e. The van der Waals surface area contributed by atoms with Crippen molar-refractivity contribution >= 4 is 15.9 Å². The highest BCUT2D eigenvalue weighted by atomic mass is 32.2. The maximum absolute atomic E-state index is 13.0. The van der Waals surface area contributed by atoms with E-state index in [0.29, 0.717) is 12.0 Å². The van der Waals surface area contributed by atoms with Gasteiger partial charge in [-0.15, -0.1) is 4.41 Å².